The molecule has 24 heavy (non-hydrogen) atoms. The third-order valence-corrected chi connectivity index (χ3v) is 5.81. The van der Waals surface area contributed by atoms with Gasteiger partial charge in [0, 0.05) is 37.9 Å². The van der Waals surface area contributed by atoms with E-state index in [0.717, 1.165) is 26.5 Å². The predicted molar refractivity (Wildman–Crippen MR) is 93.3 cm³/mol. The summed E-state index contributed by atoms with van der Waals surface area (Å²) in [5, 5.41) is 5.47. The van der Waals surface area contributed by atoms with Gasteiger partial charge in [0.25, 0.3) is 5.91 Å². The number of amides is 1. The molecule has 4 heterocycles. The van der Waals surface area contributed by atoms with Gasteiger partial charge in [-0.15, -0.1) is 11.3 Å². The van der Waals surface area contributed by atoms with Crippen LogP contribution >= 0.6 is 11.3 Å². The first-order chi connectivity index (χ1) is 11.6. The second-order valence-corrected chi connectivity index (χ2v) is 7.20. The Bertz CT molecular complexity index is 873. The zero-order chi connectivity index (χ0) is 16.8. The Morgan fingerprint density at radius 2 is 2.25 bits per heavy atom. The fraction of sp³-hybridized carbons (Fsp3) is 0.412. The first kappa shape index (κ1) is 15.4. The number of carbonyl (C=O) groups excluding carboxylic acids is 1. The highest BCUT2D eigenvalue weighted by Gasteiger charge is 2.31. The second-order valence-electron chi connectivity index (χ2n) is 6.17. The minimum atomic E-state index is -0.0457. The number of hydrogen-bond donors (Lipinski definition) is 0. The van der Waals surface area contributed by atoms with E-state index in [1.807, 2.05) is 48.9 Å². The molecule has 0 N–H and O–H groups in total. The van der Waals surface area contributed by atoms with Crippen LogP contribution < -0.4 is 0 Å². The molecule has 3 aromatic heterocycles. The van der Waals surface area contributed by atoms with Crippen LogP contribution in [0.15, 0.2) is 24.4 Å². The van der Waals surface area contributed by atoms with Gasteiger partial charge < -0.3 is 14.2 Å². The molecule has 6 nitrogen and oxygen atoms in total. The van der Waals surface area contributed by atoms with Crippen LogP contribution in [0.3, 0.4) is 0 Å². The summed E-state index contributed by atoms with van der Waals surface area (Å²) in [5.74, 6) is 0.0742. The van der Waals surface area contributed by atoms with Gasteiger partial charge >= 0.3 is 0 Å². The first-order valence-corrected chi connectivity index (χ1v) is 8.81. The maximum Gasteiger partial charge on any atom is 0.264 e. The molecule has 7 heteroatoms. The molecule has 1 atom stereocenters. The van der Waals surface area contributed by atoms with Crippen molar-refractivity contribution >= 4 is 27.5 Å². The van der Waals surface area contributed by atoms with Crippen LogP contribution in [-0.4, -0.2) is 44.9 Å². The maximum atomic E-state index is 13.1. The van der Waals surface area contributed by atoms with Crippen molar-refractivity contribution in [1.29, 1.82) is 0 Å². The summed E-state index contributed by atoms with van der Waals surface area (Å²) in [5.41, 5.74) is 2.06. The molecule has 0 bridgehead atoms. The normalized spacial score (nSPS) is 18.5. The number of ether oxygens (including phenoxy) is 1. The molecule has 1 saturated heterocycles. The van der Waals surface area contributed by atoms with Crippen molar-refractivity contribution in [3.8, 4) is 0 Å². The van der Waals surface area contributed by atoms with Crippen molar-refractivity contribution in [2.75, 3.05) is 19.8 Å². The highest BCUT2D eigenvalue weighted by Crippen LogP contribution is 2.32. The van der Waals surface area contributed by atoms with Crippen LogP contribution in [0.25, 0.3) is 10.2 Å². The van der Waals surface area contributed by atoms with Crippen LogP contribution in [0.5, 0.6) is 0 Å². The molecule has 0 spiro atoms. The molecular weight excluding hydrogens is 324 g/mol. The molecular formula is C17H20N4O2S. The lowest BCUT2D eigenvalue weighted by atomic mass is 10.1. The lowest BCUT2D eigenvalue weighted by molar-refractivity contribution is -0.00436. The van der Waals surface area contributed by atoms with Gasteiger partial charge in [0.15, 0.2) is 0 Å². The molecule has 126 valence electrons. The minimum absolute atomic E-state index is 0.0457. The molecule has 1 amide bonds. The van der Waals surface area contributed by atoms with E-state index in [1.54, 1.807) is 0 Å². The van der Waals surface area contributed by atoms with Crippen LogP contribution in [-0.2, 0) is 18.8 Å². The van der Waals surface area contributed by atoms with Gasteiger partial charge in [0.1, 0.15) is 4.83 Å². The SMILES string of the molecule is Cc1nn(C)c2sc(C(=O)N3CCOC[C@@H]3c3cccn3C)cc12. The largest absolute Gasteiger partial charge is 0.377 e. The van der Waals surface area contributed by atoms with Crippen molar-refractivity contribution in [1.82, 2.24) is 19.2 Å². The Morgan fingerprint density at radius 3 is 2.96 bits per heavy atom. The maximum absolute atomic E-state index is 13.1. The van der Waals surface area contributed by atoms with Crippen molar-refractivity contribution in [2.24, 2.45) is 14.1 Å². The fourth-order valence-corrected chi connectivity index (χ4v) is 4.44. The van der Waals surface area contributed by atoms with Crippen LogP contribution in [0.4, 0.5) is 0 Å². The van der Waals surface area contributed by atoms with E-state index >= 15 is 0 Å². The monoisotopic (exact) mass is 344 g/mol. The molecule has 3 aromatic rings. The highest BCUT2D eigenvalue weighted by molar-refractivity contribution is 7.20. The van der Waals surface area contributed by atoms with Crippen molar-refractivity contribution in [3.05, 3.63) is 40.7 Å². The summed E-state index contributed by atoms with van der Waals surface area (Å²) in [6, 6.07) is 5.98. The van der Waals surface area contributed by atoms with Gasteiger partial charge in [-0.1, -0.05) is 0 Å². The Balaban J connectivity index is 1.70. The molecule has 0 radical (unpaired) electrons. The Kier molecular flexibility index (Phi) is 3.69. The Labute approximate surface area is 144 Å². The van der Waals surface area contributed by atoms with Gasteiger partial charge in [-0.25, -0.2) is 0 Å². The molecule has 0 aromatic carbocycles. The third-order valence-electron chi connectivity index (χ3n) is 4.62. The first-order valence-electron chi connectivity index (χ1n) is 7.99. The van der Waals surface area contributed by atoms with E-state index in [0.29, 0.717) is 19.8 Å². The number of rotatable bonds is 2. The molecule has 0 aliphatic carbocycles. The minimum Gasteiger partial charge on any atom is -0.377 e. The van der Waals surface area contributed by atoms with Crippen LogP contribution in [0.1, 0.15) is 27.1 Å². The molecule has 1 fully saturated rings. The highest BCUT2D eigenvalue weighted by atomic mass is 32.1. The Hall–Kier alpha value is -2.12. The Morgan fingerprint density at radius 1 is 1.42 bits per heavy atom. The average Bonchev–Trinajstić information content (AvgIpc) is 3.25. The fourth-order valence-electron chi connectivity index (χ4n) is 3.36. The number of fused-ring (bicyclic) bond motifs is 1. The van der Waals surface area contributed by atoms with Crippen molar-refractivity contribution in [2.45, 2.75) is 13.0 Å². The second kappa shape index (κ2) is 5.75. The van der Waals surface area contributed by atoms with E-state index < -0.39 is 0 Å². The molecule has 0 unspecified atom stereocenters. The van der Waals surface area contributed by atoms with Gasteiger partial charge in [-0.3, -0.25) is 9.48 Å². The zero-order valence-electron chi connectivity index (χ0n) is 14.0. The van der Waals surface area contributed by atoms with Gasteiger partial charge in [0.2, 0.25) is 0 Å². The summed E-state index contributed by atoms with van der Waals surface area (Å²) in [6.45, 7) is 3.71. The van der Waals surface area contributed by atoms with Gasteiger partial charge in [-0.05, 0) is 25.1 Å². The third kappa shape index (κ3) is 2.35. The van der Waals surface area contributed by atoms with E-state index in [9.17, 15) is 4.79 Å². The van der Waals surface area contributed by atoms with E-state index in [4.69, 9.17) is 4.74 Å². The summed E-state index contributed by atoms with van der Waals surface area (Å²) in [7, 11) is 3.92. The van der Waals surface area contributed by atoms with E-state index in [1.165, 1.54) is 11.3 Å². The number of aryl methyl sites for hydroxylation is 3. The van der Waals surface area contributed by atoms with E-state index in [2.05, 4.69) is 15.7 Å². The lowest BCUT2D eigenvalue weighted by Crippen LogP contribution is -2.43. The zero-order valence-corrected chi connectivity index (χ0v) is 14.8. The van der Waals surface area contributed by atoms with Gasteiger partial charge in [0.05, 0.1) is 29.8 Å². The standard InChI is InChI=1S/C17H20N4O2S/c1-11-12-9-15(24-17(12)20(3)18-11)16(22)21-7-8-23-10-14(21)13-5-4-6-19(13)2/h4-6,9,14H,7-8,10H2,1-3H3/t14-/m1/s1. The predicted octanol–water partition coefficient (Wildman–Crippen LogP) is 2.50. The topological polar surface area (TPSA) is 52.3 Å². The van der Waals surface area contributed by atoms with Crippen LogP contribution in [0.2, 0.25) is 0 Å². The summed E-state index contributed by atoms with van der Waals surface area (Å²) < 4.78 is 9.54. The number of morpholine rings is 1. The molecule has 4 rings (SSSR count). The number of nitrogens with zero attached hydrogens (tertiary/aromatic N) is 4. The average molecular weight is 344 g/mol. The molecule has 0 saturated carbocycles. The van der Waals surface area contributed by atoms with Crippen LogP contribution in [0, 0.1) is 6.92 Å². The number of aromatic nitrogens is 3. The lowest BCUT2D eigenvalue weighted by Gasteiger charge is -2.35. The van der Waals surface area contributed by atoms with Crippen molar-refractivity contribution < 1.29 is 9.53 Å². The van der Waals surface area contributed by atoms with E-state index in [-0.39, 0.29) is 11.9 Å². The number of thiophene rings is 1. The number of carbonyl (C=O) groups is 1. The molecule has 1 aliphatic heterocycles. The smallest absolute Gasteiger partial charge is 0.264 e. The number of hydrogen-bond acceptors (Lipinski definition) is 4. The summed E-state index contributed by atoms with van der Waals surface area (Å²) in [6.07, 6.45) is 2.00. The van der Waals surface area contributed by atoms with Gasteiger partial charge in [-0.2, -0.15) is 5.10 Å². The summed E-state index contributed by atoms with van der Waals surface area (Å²) >= 11 is 1.51. The summed E-state index contributed by atoms with van der Waals surface area (Å²) in [4.78, 5) is 16.9. The molecule has 1 aliphatic rings. The quantitative estimate of drug-likeness (QED) is 0.718. The van der Waals surface area contributed by atoms with Crippen molar-refractivity contribution in [3.63, 3.8) is 0 Å².